The maximum atomic E-state index is 12.7. The molecule has 6 heteroatoms. The van der Waals surface area contributed by atoms with Crippen molar-refractivity contribution in [2.24, 2.45) is 0 Å². The third-order valence-electron chi connectivity index (χ3n) is 3.97. The van der Waals surface area contributed by atoms with Gasteiger partial charge in [0.15, 0.2) is 0 Å². The summed E-state index contributed by atoms with van der Waals surface area (Å²) >= 11 is 7.65. The summed E-state index contributed by atoms with van der Waals surface area (Å²) < 4.78 is 0. The van der Waals surface area contributed by atoms with E-state index in [0.717, 1.165) is 16.9 Å². The molecule has 0 aromatic heterocycles. The van der Waals surface area contributed by atoms with Crippen LogP contribution in [0.1, 0.15) is 27.9 Å². The first-order valence-corrected chi connectivity index (χ1v) is 10.1. The van der Waals surface area contributed by atoms with E-state index >= 15 is 0 Å². The minimum Gasteiger partial charge on any atom is -0.340 e. The molecule has 0 saturated heterocycles. The van der Waals surface area contributed by atoms with Crippen molar-refractivity contribution in [3.05, 3.63) is 64.2 Å². The van der Waals surface area contributed by atoms with Crippen LogP contribution in [0.2, 0.25) is 5.02 Å². The van der Waals surface area contributed by atoms with E-state index in [9.17, 15) is 9.59 Å². The molecule has 1 atom stereocenters. The second-order valence-corrected chi connectivity index (χ2v) is 7.55. The number of carbonyl (C=O) groups excluding carboxylic acids is 2. The molecule has 0 aliphatic heterocycles. The van der Waals surface area contributed by atoms with Gasteiger partial charge in [0.1, 0.15) is 6.04 Å². The van der Waals surface area contributed by atoms with Crippen molar-refractivity contribution in [2.45, 2.75) is 26.3 Å². The average molecular weight is 391 g/mol. The Balaban J connectivity index is 2.13. The average Bonchev–Trinajstić information content (AvgIpc) is 2.61. The first-order chi connectivity index (χ1) is 12.4. The van der Waals surface area contributed by atoms with Gasteiger partial charge in [0.25, 0.3) is 5.91 Å². The molecule has 0 fully saturated rings. The maximum Gasteiger partial charge on any atom is 0.251 e. The van der Waals surface area contributed by atoms with Crippen LogP contribution in [0, 0.1) is 13.8 Å². The molecule has 4 nitrogen and oxygen atoms in total. The van der Waals surface area contributed by atoms with Crippen LogP contribution in [0.4, 0.5) is 5.69 Å². The zero-order valence-electron chi connectivity index (χ0n) is 15.1. The van der Waals surface area contributed by atoms with Crippen LogP contribution in [0.25, 0.3) is 0 Å². The van der Waals surface area contributed by atoms with Gasteiger partial charge in [-0.2, -0.15) is 11.8 Å². The van der Waals surface area contributed by atoms with Crippen LogP contribution in [-0.4, -0.2) is 29.9 Å². The lowest BCUT2D eigenvalue weighted by molar-refractivity contribution is -0.118. The van der Waals surface area contributed by atoms with Crippen LogP contribution in [0.15, 0.2) is 42.5 Å². The standard InChI is InChI=1S/C20H23ClN2O2S/c1-13-5-4-6-15(11-13)19(24)22-17(9-10-26-3)20(25)23-18-12-16(21)8-7-14(18)2/h4-8,11-12,17H,9-10H2,1-3H3,(H,22,24)(H,23,25). The van der Waals surface area contributed by atoms with Crippen molar-refractivity contribution < 1.29 is 9.59 Å². The molecular formula is C20H23ClN2O2S. The topological polar surface area (TPSA) is 58.2 Å². The summed E-state index contributed by atoms with van der Waals surface area (Å²) in [7, 11) is 0. The molecule has 0 radical (unpaired) electrons. The molecule has 2 amide bonds. The number of hydrogen-bond acceptors (Lipinski definition) is 3. The monoisotopic (exact) mass is 390 g/mol. The number of amides is 2. The van der Waals surface area contributed by atoms with Gasteiger partial charge in [-0.1, -0.05) is 35.4 Å². The van der Waals surface area contributed by atoms with Crippen LogP contribution in [0.3, 0.4) is 0 Å². The number of nitrogens with one attached hydrogen (secondary N) is 2. The van der Waals surface area contributed by atoms with E-state index in [0.29, 0.717) is 22.7 Å². The fourth-order valence-electron chi connectivity index (χ4n) is 2.48. The largest absolute Gasteiger partial charge is 0.340 e. The van der Waals surface area contributed by atoms with Crippen LogP contribution < -0.4 is 10.6 Å². The predicted molar refractivity (Wildman–Crippen MR) is 110 cm³/mol. The number of rotatable bonds is 7. The molecular weight excluding hydrogens is 368 g/mol. The highest BCUT2D eigenvalue weighted by atomic mass is 35.5. The molecule has 0 spiro atoms. The molecule has 0 heterocycles. The summed E-state index contributed by atoms with van der Waals surface area (Å²) in [5.74, 6) is 0.268. The minimum absolute atomic E-state index is 0.245. The van der Waals surface area contributed by atoms with Crippen LogP contribution in [0.5, 0.6) is 0 Å². The molecule has 26 heavy (non-hydrogen) atoms. The summed E-state index contributed by atoms with van der Waals surface area (Å²) in [6.45, 7) is 3.82. The molecule has 2 rings (SSSR count). The Bertz CT molecular complexity index is 795. The first-order valence-electron chi connectivity index (χ1n) is 8.34. The number of aryl methyl sites for hydroxylation is 2. The van der Waals surface area contributed by atoms with Crippen LogP contribution in [-0.2, 0) is 4.79 Å². The second-order valence-electron chi connectivity index (χ2n) is 6.13. The van der Waals surface area contributed by atoms with E-state index in [1.54, 1.807) is 36.0 Å². The van der Waals surface area contributed by atoms with Gasteiger partial charge in [-0.05, 0) is 62.1 Å². The Morgan fingerprint density at radius 2 is 1.92 bits per heavy atom. The first kappa shape index (κ1) is 20.3. The number of anilines is 1. The van der Waals surface area contributed by atoms with E-state index in [2.05, 4.69) is 10.6 Å². The number of carbonyl (C=O) groups is 2. The lowest BCUT2D eigenvalue weighted by Crippen LogP contribution is -2.44. The highest BCUT2D eigenvalue weighted by Crippen LogP contribution is 2.20. The zero-order chi connectivity index (χ0) is 19.1. The normalized spacial score (nSPS) is 11.7. The molecule has 2 N–H and O–H groups in total. The minimum atomic E-state index is -0.617. The highest BCUT2D eigenvalue weighted by Gasteiger charge is 2.22. The fraction of sp³-hybridized carbons (Fsp3) is 0.300. The van der Waals surface area contributed by atoms with E-state index in [-0.39, 0.29) is 11.8 Å². The molecule has 1 unspecified atom stereocenters. The smallest absolute Gasteiger partial charge is 0.251 e. The van der Waals surface area contributed by atoms with Gasteiger partial charge in [0.2, 0.25) is 5.91 Å². The highest BCUT2D eigenvalue weighted by molar-refractivity contribution is 7.98. The van der Waals surface area contributed by atoms with Gasteiger partial charge in [0.05, 0.1) is 0 Å². The lowest BCUT2D eigenvalue weighted by Gasteiger charge is -2.19. The van der Waals surface area contributed by atoms with Gasteiger partial charge >= 0.3 is 0 Å². The molecule has 0 aliphatic carbocycles. The third kappa shape index (κ3) is 5.78. The fourth-order valence-corrected chi connectivity index (χ4v) is 3.12. The zero-order valence-corrected chi connectivity index (χ0v) is 16.7. The van der Waals surface area contributed by atoms with Gasteiger partial charge in [-0.25, -0.2) is 0 Å². The van der Waals surface area contributed by atoms with Crippen molar-refractivity contribution in [3.63, 3.8) is 0 Å². The van der Waals surface area contributed by atoms with Gasteiger partial charge < -0.3 is 10.6 Å². The number of thioether (sulfide) groups is 1. The molecule has 2 aromatic carbocycles. The number of benzene rings is 2. The Morgan fingerprint density at radius 3 is 2.62 bits per heavy atom. The van der Waals surface area contributed by atoms with Gasteiger partial charge in [0, 0.05) is 16.3 Å². The van der Waals surface area contributed by atoms with E-state index in [1.807, 2.05) is 38.3 Å². The summed E-state index contributed by atoms with van der Waals surface area (Å²) in [4.78, 5) is 25.3. The second kappa shape index (κ2) is 9.64. The maximum absolute atomic E-state index is 12.7. The summed E-state index contributed by atoms with van der Waals surface area (Å²) in [5, 5.41) is 6.28. The van der Waals surface area contributed by atoms with Crippen molar-refractivity contribution >= 4 is 40.9 Å². The Labute approximate surface area is 163 Å². The van der Waals surface area contributed by atoms with Gasteiger partial charge in [-0.3, -0.25) is 9.59 Å². The van der Waals surface area contributed by atoms with Gasteiger partial charge in [-0.15, -0.1) is 0 Å². The summed E-state index contributed by atoms with van der Waals surface area (Å²) in [6.07, 6.45) is 2.52. The Morgan fingerprint density at radius 1 is 1.15 bits per heavy atom. The third-order valence-corrected chi connectivity index (χ3v) is 4.85. The van der Waals surface area contributed by atoms with Crippen molar-refractivity contribution in [3.8, 4) is 0 Å². The van der Waals surface area contributed by atoms with Crippen LogP contribution >= 0.6 is 23.4 Å². The summed E-state index contributed by atoms with van der Waals surface area (Å²) in [6, 6.07) is 12.0. The van der Waals surface area contributed by atoms with E-state index in [1.165, 1.54) is 0 Å². The number of halogens is 1. The van der Waals surface area contributed by atoms with Crippen molar-refractivity contribution in [2.75, 3.05) is 17.3 Å². The summed E-state index contributed by atoms with van der Waals surface area (Å²) in [5.41, 5.74) is 3.11. The predicted octanol–water partition coefficient (Wildman–Crippen LogP) is 4.45. The molecule has 0 saturated carbocycles. The lowest BCUT2D eigenvalue weighted by atomic mass is 10.1. The number of hydrogen-bond donors (Lipinski definition) is 2. The SMILES string of the molecule is CSCCC(NC(=O)c1cccc(C)c1)C(=O)Nc1cc(Cl)ccc1C. The molecule has 138 valence electrons. The van der Waals surface area contributed by atoms with Crippen molar-refractivity contribution in [1.82, 2.24) is 5.32 Å². The molecule has 0 aliphatic rings. The van der Waals surface area contributed by atoms with Crippen molar-refractivity contribution in [1.29, 1.82) is 0 Å². The van der Waals surface area contributed by atoms with E-state index < -0.39 is 6.04 Å². The molecule has 2 aromatic rings. The Hall–Kier alpha value is -1.98. The quantitative estimate of drug-likeness (QED) is 0.734. The molecule has 0 bridgehead atoms. The Kier molecular flexibility index (Phi) is 7.54. The van der Waals surface area contributed by atoms with E-state index in [4.69, 9.17) is 11.6 Å².